The fourth-order valence-electron chi connectivity index (χ4n) is 0.193. The summed E-state index contributed by atoms with van der Waals surface area (Å²) < 4.78 is 4.30. The first kappa shape index (κ1) is 14.2. The Balaban J connectivity index is 0. The number of hydrogen-bond donors (Lipinski definition) is 1. The standard InChI is InChI=1S/C4H8O2S.3CH3.Sn/c1-6-4(5)2-3-7;;;;/h7H,2-3H2,1H3;3*1H3;. The van der Waals surface area contributed by atoms with Crippen LogP contribution in [0, 0.1) is 0 Å². The molecule has 0 spiro atoms. The third-order valence-corrected chi connectivity index (χ3v) is 0.767. The Bertz CT molecular complexity index is 93.7. The normalized spacial score (nSPS) is 8.55. The summed E-state index contributed by atoms with van der Waals surface area (Å²) in [5, 5.41) is 0. The van der Waals surface area contributed by atoms with E-state index in [9.17, 15) is 4.79 Å². The summed E-state index contributed by atoms with van der Waals surface area (Å²) in [4.78, 5) is 17.2. The summed E-state index contributed by atoms with van der Waals surface area (Å²) in [7, 11) is 1.37. The van der Waals surface area contributed by atoms with Crippen molar-refractivity contribution in [2.75, 3.05) is 12.9 Å². The molecule has 0 saturated heterocycles. The Labute approximate surface area is 81.8 Å². The van der Waals surface area contributed by atoms with Gasteiger partial charge in [-0.25, -0.2) is 0 Å². The van der Waals surface area contributed by atoms with Gasteiger partial charge in [0.1, 0.15) is 0 Å². The van der Waals surface area contributed by atoms with Crippen LogP contribution in [-0.2, 0) is 9.53 Å². The summed E-state index contributed by atoms with van der Waals surface area (Å²) in [6.07, 6.45) is 0.402. The molecule has 0 fully saturated rings. The van der Waals surface area contributed by atoms with Crippen molar-refractivity contribution in [1.82, 2.24) is 0 Å². The van der Waals surface area contributed by atoms with Gasteiger partial charge in [-0.2, -0.15) is 12.6 Å². The quantitative estimate of drug-likeness (QED) is 0.476. The van der Waals surface area contributed by atoms with E-state index in [4.69, 9.17) is 0 Å². The summed E-state index contributed by atoms with van der Waals surface area (Å²) in [5.41, 5.74) is 0. The third-order valence-electron chi connectivity index (χ3n) is 0.544. The first-order valence-electron chi connectivity index (χ1n) is 3.49. The van der Waals surface area contributed by atoms with Crippen LogP contribution in [0.1, 0.15) is 6.42 Å². The number of hydrogen-bond acceptors (Lipinski definition) is 3. The molecule has 0 aromatic carbocycles. The zero-order valence-corrected chi connectivity index (χ0v) is 11.4. The fraction of sp³-hybridized carbons (Fsp3) is 0.857. The third kappa shape index (κ3) is 25.0. The van der Waals surface area contributed by atoms with Crippen LogP contribution in [0.15, 0.2) is 0 Å². The van der Waals surface area contributed by atoms with E-state index in [1.165, 1.54) is 7.11 Å². The monoisotopic (exact) mass is 285 g/mol. The second-order valence-electron chi connectivity index (χ2n) is 2.55. The van der Waals surface area contributed by atoms with Crippen molar-refractivity contribution in [3.8, 4) is 0 Å². The maximum atomic E-state index is 10.1. The molecule has 11 heavy (non-hydrogen) atoms. The van der Waals surface area contributed by atoms with Crippen LogP contribution in [0.2, 0.25) is 14.8 Å². The van der Waals surface area contributed by atoms with Gasteiger partial charge in [0.25, 0.3) is 0 Å². The number of carbonyl (C=O) groups is 1. The molecule has 0 N–H and O–H groups in total. The minimum atomic E-state index is -0.543. The van der Waals surface area contributed by atoms with E-state index in [2.05, 4.69) is 32.2 Å². The zero-order valence-electron chi connectivity index (χ0n) is 7.68. The van der Waals surface area contributed by atoms with E-state index in [0.717, 1.165) is 0 Å². The summed E-state index contributed by atoms with van der Waals surface area (Å²) in [5.74, 6) is 0.363. The molecule has 0 aliphatic carbocycles. The topological polar surface area (TPSA) is 26.3 Å². The van der Waals surface area contributed by atoms with Gasteiger partial charge in [0, 0.05) is 5.75 Å². The molecule has 0 bridgehead atoms. The molecule has 1 radical (unpaired) electrons. The molecule has 2 nitrogen and oxygen atoms in total. The van der Waals surface area contributed by atoms with E-state index in [-0.39, 0.29) is 5.97 Å². The molecule has 4 heteroatoms. The van der Waals surface area contributed by atoms with Crippen LogP contribution in [0.25, 0.3) is 0 Å². The molecule has 0 saturated carbocycles. The van der Waals surface area contributed by atoms with Crippen molar-refractivity contribution < 1.29 is 9.53 Å². The van der Waals surface area contributed by atoms with Crippen molar-refractivity contribution in [1.29, 1.82) is 0 Å². The zero-order chi connectivity index (χ0) is 9.28. The van der Waals surface area contributed by atoms with E-state index in [1.807, 2.05) is 0 Å². The van der Waals surface area contributed by atoms with Crippen LogP contribution < -0.4 is 0 Å². The summed E-state index contributed by atoms with van der Waals surface area (Å²) in [6.45, 7) is 0. The van der Waals surface area contributed by atoms with Gasteiger partial charge in [0.15, 0.2) is 0 Å². The van der Waals surface area contributed by atoms with Crippen LogP contribution in [0.4, 0.5) is 0 Å². The average molecular weight is 284 g/mol. The van der Waals surface area contributed by atoms with Crippen LogP contribution in [0.3, 0.4) is 0 Å². The van der Waals surface area contributed by atoms with Crippen molar-refractivity contribution in [2.24, 2.45) is 0 Å². The van der Waals surface area contributed by atoms with Gasteiger partial charge >= 0.3 is 40.5 Å². The van der Waals surface area contributed by atoms with Crippen LogP contribution >= 0.6 is 12.6 Å². The molecule has 0 aromatic rings. The predicted octanol–water partition coefficient (Wildman–Crippen LogP) is 1.85. The van der Waals surface area contributed by atoms with Crippen LogP contribution in [0.5, 0.6) is 0 Å². The number of esters is 1. The molecule has 0 heterocycles. The summed E-state index contributed by atoms with van der Waals surface area (Å²) >= 11 is 3.27. The number of carbonyl (C=O) groups excluding carboxylic acids is 1. The molecule has 0 unspecified atom stereocenters. The van der Waals surface area contributed by atoms with Gasteiger partial charge in [-0.3, -0.25) is 4.79 Å². The van der Waals surface area contributed by atoms with Crippen molar-refractivity contribution in [3.63, 3.8) is 0 Å². The summed E-state index contributed by atoms with van der Waals surface area (Å²) in [6, 6.07) is 0. The molecular weight excluding hydrogens is 267 g/mol. The molecule has 0 rings (SSSR count). The van der Waals surface area contributed by atoms with Gasteiger partial charge in [-0.15, -0.1) is 0 Å². The Morgan fingerprint density at radius 1 is 1.45 bits per heavy atom. The second kappa shape index (κ2) is 10.6. The first-order chi connectivity index (χ1) is 5.04. The number of ether oxygens (including phenoxy) is 1. The average Bonchev–Trinajstić information content (AvgIpc) is 1.87. The molecule has 0 atom stereocenters. The van der Waals surface area contributed by atoms with Gasteiger partial charge in [-0.05, 0) is 0 Å². The van der Waals surface area contributed by atoms with Crippen molar-refractivity contribution >= 4 is 38.4 Å². The maximum absolute atomic E-state index is 10.1. The minimum absolute atomic E-state index is 0.199. The fourth-order valence-corrected chi connectivity index (χ4v) is 0.376. The van der Waals surface area contributed by atoms with Gasteiger partial charge < -0.3 is 4.74 Å². The molecule has 0 aliphatic rings. The van der Waals surface area contributed by atoms with Crippen molar-refractivity contribution in [2.45, 2.75) is 21.2 Å². The molecule has 67 valence electrons. The number of rotatable bonds is 2. The Hall–Kier alpha value is 0.619. The van der Waals surface area contributed by atoms with Gasteiger partial charge in [0.2, 0.25) is 0 Å². The number of thiol groups is 1. The molecule has 0 amide bonds. The Kier molecular flexibility index (Phi) is 13.7. The van der Waals surface area contributed by atoms with E-state index < -0.39 is 19.8 Å². The van der Waals surface area contributed by atoms with E-state index in [0.29, 0.717) is 12.2 Å². The SMILES string of the molecule is COC(=O)CCS.[CH3][Sn]([CH3])[CH3]. The second-order valence-corrected chi connectivity index (χ2v) is 11.6. The molecular formula is C7H17O2SSn. The van der Waals surface area contributed by atoms with E-state index >= 15 is 0 Å². The number of methoxy groups -OCH3 is 1. The Morgan fingerprint density at radius 2 is 1.82 bits per heavy atom. The molecule has 0 aromatic heterocycles. The molecule has 0 aliphatic heterocycles. The van der Waals surface area contributed by atoms with E-state index in [1.54, 1.807) is 0 Å². The van der Waals surface area contributed by atoms with Crippen LogP contribution in [-0.4, -0.2) is 38.6 Å². The van der Waals surface area contributed by atoms with Gasteiger partial charge in [-0.1, -0.05) is 0 Å². The first-order valence-corrected chi connectivity index (χ1v) is 12.7. The van der Waals surface area contributed by atoms with Crippen molar-refractivity contribution in [3.05, 3.63) is 0 Å². The Morgan fingerprint density at radius 3 is 1.91 bits per heavy atom. The van der Waals surface area contributed by atoms with Gasteiger partial charge in [0.05, 0.1) is 13.5 Å². The predicted molar refractivity (Wildman–Crippen MR) is 53.8 cm³/mol.